The van der Waals surface area contributed by atoms with E-state index in [1.807, 2.05) is 0 Å². The number of rotatable bonds is 8. The Morgan fingerprint density at radius 2 is 2.35 bits per heavy atom. The highest BCUT2D eigenvalue weighted by Crippen LogP contribution is 2.24. The summed E-state index contributed by atoms with van der Waals surface area (Å²) < 4.78 is 4.87. The maximum absolute atomic E-state index is 12.2. The number of likely N-dealkylation sites (tertiary alicyclic amines) is 1. The summed E-state index contributed by atoms with van der Waals surface area (Å²) in [5.74, 6) is 0.702. The third kappa shape index (κ3) is 4.33. The van der Waals surface area contributed by atoms with Crippen LogP contribution in [0.4, 0.5) is 5.82 Å². The average Bonchev–Trinajstić information content (AvgIpc) is 2.66. The molecule has 0 aliphatic carbocycles. The van der Waals surface area contributed by atoms with Gasteiger partial charge in [0.2, 0.25) is 5.91 Å². The number of hydrogen-bond donors (Lipinski definition) is 2. The molecule has 3 rings (SSSR count). The largest absolute Gasteiger partial charge is 0.465 e. The molecule has 1 saturated heterocycles. The van der Waals surface area contributed by atoms with Gasteiger partial charge in [0, 0.05) is 25.3 Å². The van der Waals surface area contributed by atoms with Gasteiger partial charge in [-0.15, -0.1) is 0 Å². The number of pyridine rings is 1. The molecule has 0 bridgehead atoms. The van der Waals surface area contributed by atoms with Crippen molar-refractivity contribution < 1.29 is 14.3 Å². The Hall–Kier alpha value is -2.15. The number of ether oxygens (including phenoxy) is 1. The van der Waals surface area contributed by atoms with Gasteiger partial charge < -0.3 is 20.7 Å². The minimum atomic E-state index is -0.757. The molecule has 2 aliphatic heterocycles. The quantitative estimate of drug-likeness (QED) is 0.532. The van der Waals surface area contributed by atoms with Crippen molar-refractivity contribution in [1.29, 1.82) is 0 Å². The second-order valence-corrected chi connectivity index (χ2v) is 7.03. The number of fused-ring (bicyclic) bond motifs is 1. The molecule has 0 saturated carbocycles. The van der Waals surface area contributed by atoms with Crippen LogP contribution in [0.3, 0.4) is 0 Å². The lowest BCUT2D eigenvalue weighted by molar-refractivity contribution is -0.152. The SMILES string of the molecule is CCOC(=O)[C@@H](N)CN1CC(CCCc2ccc3c(n2)NCCC3)C1=O. The normalized spacial score (nSPS) is 20.0. The Bertz CT molecular complexity index is 664. The number of nitrogens with one attached hydrogen (secondary N) is 1. The number of nitrogens with zero attached hydrogens (tertiary/aromatic N) is 2. The van der Waals surface area contributed by atoms with E-state index >= 15 is 0 Å². The predicted molar refractivity (Wildman–Crippen MR) is 98.7 cm³/mol. The lowest BCUT2D eigenvalue weighted by Gasteiger charge is -2.39. The smallest absolute Gasteiger partial charge is 0.324 e. The molecule has 1 unspecified atom stereocenters. The average molecular weight is 360 g/mol. The van der Waals surface area contributed by atoms with E-state index in [1.165, 1.54) is 5.56 Å². The van der Waals surface area contributed by atoms with Crippen molar-refractivity contribution in [2.45, 2.75) is 45.1 Å². The molecule has 0 spiro atoms. The van der Waals surface area contributed by atoms with E-state index in [-0.39, 0.29) is 18.4 Å². The number of esters is 1. The first-order valence-corrected chi connectivity index (χ1v) is 9.52. The van der Waals surface area contributed by atoms with Crippen molar-refractivity contribution in [3.8, 4) is 0 Å². The van der Waals surface area contributed by atoms with Gasteiger partial charge in [0.05, 0.1) is 12.5 Å². The molecule has 1 aromatic rings. The summed E-state index contributed by atoms with van der Waals surface area (Å²) in [6.45, 7) is 3.94. The minimum absolute atomic E-state index is 0.0418. The molecule has 2 atom stereocenters. The van der Waals surface area contributed by atoms with Crippen molar-refractivity contribution >= 4 is 17.7 Å². The summed E-state index contributed by atoms with van der Waals surface area (Å²) in [7, 11) is 0. The first kappa shape index (κ1) is 18.6. The molecule has 26 heavy (non-hydrogen) atoms. The lowest BCUT2D eigenvalue weighted by atomic mass is 9.91. The fourth-order valence-electron chi connectivity index (χ4n) is 3.56. The van der Waals surface area contributed by atoms with Gasteiger partial charge in [-0.25, -0.2) is 4.98 Å². The Labute approximate surface area is 154 Å². The molecule has 142 valence electrons. The van der Waals surface area contributed by atoms with Crippen LogP contribution >= 0.6 is 0 Å². The molecule has 7 heteroatoms. The van der Waals surface area contributed by atoms with Gasteiger partial charge in [-0.05, 0) is 50.7 Å². The van der Waals surface area contributed by atoms with Gasteiger partial charge in [-0.3, -0.25) is 9.59 Å². The van der Waals surface area contributed by atoms with Crippen LogP contribution in [0.2, 0.25) is 0 Å². The van der Waals surface area contributed by atoms with Crippen LogP contribution in [-0.4, -0.2) is 54.0 Å². The lowest BCUT2D eigenvalue weighted by Crippen LogP contribution is -2.57. The van der Waals surface area contributed by atoms with E-state index in [0.717, 1.165) is 50.2 Å². The second-order valence-electron chi connectivity index (χ2n) is 7.03. The van der Waals surface area contributed by atoms with Crippen LogP contribution in [0.5, 0.6) is 0 Å². The third-order valence-corrected chi connectivity index (χ3v) is 5.05. The highest BCUT2D eigenvalue weighted by atomic mass is 16.5. The zero-order valence-electron chi connectivity index (χ0n) is 15.4. The molecular formula is C19H28N4O3. The van der Waals surface area contributed by atoms with Crippen LogP contribution in [0.25, 0.3) is 0 Å². The number of hydrogen-bond acceptors (Lipinski definition) is 6. The maximum atomic E-state index is 12.2. The fraction of sp³-hybridized carbons (Fsp3) is 0.632. The number of nitrogens with two attached hydrogens (primary N) is 1. The standard InChI is InChI=1S/C19H28N4O3/c1-2-26-19(25)16(20)12-23-11-14(18(23)24)5-3-7-15-9-8-13-6-4-10-21-17(13)22-15/h8-9,14,16H,2-7,10-12,20H2,1H3,(H,21,22)/t14?,16-/m0/s1. The Kier molecular flexibility index (Phi) is 6.08. The van der Waals surface area contributed by atoms with E-state index in [1.54, 1.807) is 11.8 Å². The second kappa shape index (κ2) is 8.49. The molecule has 3 heterocycles. The molecule has 3 N–H and O–H groups in total. The maximum Gasteiger partial charge on any atom is 0.324 e. The van der Waals surface area contributed by atoms with Crippen LogP contribution < -0.4 is 11.1 Å². The van der Waals surface area contributed by atoms with E-state index in [2.05, 4.69) is 22.4 Å². The summed E-state index contributed by atoms with van der Waals surface area (Å²) in [4.78, 5) is 30.1. The van der Waals surface area contributed by atoms with Gasteiger partial charge in [0.15, 0.2) is 0 Å². The minimum Gasteiger partial charge on any atom is -0.465 e. The van der Waals surface area contributed by atoms with E-state index in [9.17, 15) is 9.59 Å². The summed E-state index contributed by atoms with van der Waals surface area (Å²) in [5.41, 5.74) is 8.14. The molecule has 2 aliphatic rings. The summed E-state index contributed by atoms with van der Waals surface area (Å²) in [5, 5.41) is 3.35. The number of aryl methyl sites for hydroxylation is 2. The third-order valence-electron chi connectivity index (χ3n) is 5.05. The molecule has 0 radical (unpaired) electrons. The molecule has 7 nitrogen and oxygen atoms in total. The summed E-state index contributed by atoms with van der Waals surface area (Å²) in [6.07, 6.45) is 4.90. The van der Waals surface area contributed by atoms with E-state index in [0.29, 0.717) is 13.2 Å². The molecule has 1 aromatic heterocycles. The van der Waals surface area contributed by atoms with E-state index < -0.39 is 12.0 Å². The van der Waals surface area contributed by atoms with Crippen LogP contribution in [0.1, 0.15) is 37.4 Å². The number of carbonyl (C=O) groups excluding carboxylic acids is 2. The zero-order valence-corrected chi connectivity index (χ0v) is 15.4. The van der Waals surface area contributed by atoms with Crippen LogP contribution in [-0.2, 0) is 27.2 Å². The highest BCUT2D eigenvalue weighted by Gasteiger charge is 2.37. The van der Waals surface area contributed by atoms with Gasteiger partial charge >= 0.3 is 5.97 Å². The molecule has 0 aromatic carbocycles. The van der Waals surface area contributed by atoms with Crippen molar-refractivity contribution in [3.63, 3.8) is 0 Å². The van der Waals surface area contributed by atoms with Crippen molar-refractivity contribution in [2.24, 2.45) is 11.7 Å². The molecule has 1 amide bonds. The number of carbonyl (C=O) groups is 2. The number of aromatic nitrogens is 1. The van der Waals surface area contributed by atoms with E-state index in [4.69, 9.17) is 10.5 Å². The molecule has 1 fully saturated rings. The topological polar surface area (TPSA) is 97.6 Å². The van der Waals surface area contributed by atoms with Gasteiger partial charge in [0.1, 0.15) is 11.9 Å². The highest BCUT2D eigenvalue weighted by molar-refractivity contribution is 5.85. The van der Waals surface area contributed by atoms with Gasteiger partial charge in [0.25, 0.3) is 0 Å². The van der Waals surface area contributed by atoms with Crippen molar-refractivity contribution in [2.75, 3.05) is 31.6 Å². The summed E-state index contributed by atoms with van der Waals surface area (Å²) >= 11 is 0. The Morgan fingerprint density at radius 3 is 3.12 bits per heavy atom. The van der Waals surface area contributed by atoms with Gasteiger partial charge in [-0.1, -0.05) is 6.07 Å². The zero-order chi connectivity index (χ0) is 18.5. The Morgan fingerprint density at radius 1 is 1.50 bits per heavy atom. The van der Waals surface area contributed by atoms with Crippen LogP contribution in [0.15, 0.2) is 12.1 Å². The first-order valence-electron chi connectivity index (χ1n) is 9.52. The van der Waals surface area contributed by atoms with Crippen molar-refractivity contribution in [3.05, 3.63) is 23.4 Å². The fourth-order valence-corrected chi connectivity index (χ4v) is 3.56. The van der Waals surface area contributed by atoms with Crippen LogP contribution in [0, 0.1) is 5.92 Å². The van der Waals surface area contributed by atoms with Crippen molar-refractivity contribution in [1.82, 2.24) is 9.88 Å². The number of amides is 1. The monoisotopic (exact) mass is 360 g/mol. The molecular weight excluding hydrogens is 332 g/mol. The van der Waals surface area contributed by atoms with Gasteiger partial charge in [-0.2, -0.15) is 0 Å². The number of anilines is 1. The summed E-state index contributed by atoms with van der Waals surface area (Å²) in [6, 6.07) is 3.50. The Balaban J connectivity index is 1.39. The number of β-lactam (4-membered cyclic amide) rings is 1. The predicted octanol–water partition coefficient (Wildman–Crippen LogP) is 1.11. The first-order chi connectivity index (χ1) is 12.6.